The minimum atomic E-state index is -0.340. The number of carbonyl (C=O) groups excluding carboxylic acids is 3. The Hall–Kier alpha value is -2.68. The number of amides is 4. The molecule has 1 aliphatic carbocycles. The minimum Gasteiger partial charge on any atom is -0.355 e. The molecule has 2 N–H and O–H groups in total. The summed E-state index contributed by atoms with van der Waals surface area (Å²) in [7, 11) is 0. The fraction of sp³-hybridized carbons (Fsp3) is 0.640. The van der Waals surface area contributed by atoms with Crippen LogP contribution in [0.3, 0.4) is 0 Å². The molecule has 0 spiro atoms. The second-order valence-corrected chi connectivity index (χ2v) is 9.58. The third-order valence-corrected chi connectivity index (χ3v) is 7.28. The van der Waals surface area contributed by atoms with Gasteiger partial charge in [0.15, 0.2) is 0 Å². The molecule has 1 atom stereocenters. The van der Waals surface area contributed by atoms with Gasteiger partial charge in [-0.2, -0.15) is 0 Å². The zero-order valence-corrected chi connectivity index (χ0v) is 19.8. The summed E-state index contributed by atoms with van der Waals surface area (Å²) in [5.41, 5.74) is 0.563. The summed E-state index contributed by atoms with van der Waals surface area (Å²) in [6, 6.07) is 5.36. The van der Waals surface area contributed by atoms with Crippen molar-refractivity contribution in [2.75, 3.05) is 51.1 Å². The van der Waals surface area contributed by atoms with E-state index in [2.05, 4.69) is 15.5 Å². The van der Waals surface area contributed by atoms with Crippen LogP contribution in [0.1, 0.15) is 44.9 Å². The van der Waals surface area contributed by atoms with Crippen molar-refractivity contribution < 1.29 is 18.8 Å². The largest absolute Gasteiger partial charge is 0.355 e. The molecule has 4 amide bonds. The predicted octanol–water partition coefficient (Wildman–Crippen LogP) is 2.66. The number of likely N-dealkylation sites (tertiary alicyclic amines) is 1. The maximum atomic E-state index is 13.2. The van der Waals surface area contributed by atoms with Crippen LogP contribution in [0.15, 0.2) is 24.3 Å². The number of nitrogens with zero attached hydrogens (tertiary/aromatic N) is 3. The molecule has 3 fully saturated rings. The van der Waals surface area contributed by atoms with Gasteiger partial charge in [-0.15, -0.1) is 0 Å². The number of nitrogens with one attached hydrogen (secondary N) is 2. The number of benzene rings is 1. The van der Waals surface area contributed by atoms with Crippen LogP contribution in [0.25, 0.3) is 0 Å². The Bertz CT molecular complexity index is 851. The van der Waals surface area contributed by atoms with Crippen molar-refractivity contribution in [1.82, 2.24) is 20.0 Å². The standard InChI is InChI=1S/C25H36FN5O3/c26-20-8-10-21(11-9-20)28-25(34)31-17-15-30(16-18-31)23(19-5-1-2-6-19)24(33)27-12-4-14-29-13-3-7-22(29)32/h8-11,19,23H,1-7,12-18H2,(H,27,33)(H,28,34)/t23-/m0/s1. The molecule has 0 radical (unpaired) electrons. The first-order chi connectivity index (χ1) is 16.5. The summed E-state index contributed by atoms with van der Waals surface area (Å²) in [5.74, 6) is 0.299. The van der Waals surface area contributed by atoms with Crippen LogP contribution in [0, 0.1) is 11.7 Å². The molecule has 34 heavy (non-hydrogen) atoms. The molecule has 1 aromatic rings. The Morgan fingerprint density at radius 2 is 1.71 bits per heavy atom. The van der Waals surface area contributed by atoms with Crippen LogP contribution in [0.2, 0.25) is 0 Å². The van der Waals surface area contributed by atoms with Crippen LogP contribution in [0.5, 0.6) is 0 Å². The third kappa shape index (κ3) is 6.25. The van der Waals surface area contributed by atoms with Crippen molar-refractivity contribution in [3.8, 4) is 0 Å². The van der Waals surface area contributed by atoms with Gasteiger partial charge in [0, 0.05) is 57.9 Å². The molecule has 3 aliphatic rings. The number of rotatable bonds is 8. The lowest BCUT2D eigenvalue weighted by atomic mass is 9.95. The molecular formula is C25H36FN5O3. The number of halogens is 1. The van der Waals surface area contributed by atoms with Gasteiger partial charge in [-0.05, 0) is 55.9 Å². The Labute approximate surface area is 200 Å². The first kappa shape index (κ1) is 24.4. The normalized spacial score (nSPS) is 20.6. The average Bonchev–Trinajstić information content (AvgIpc) is 3.51. The topological polar surface area (TPSA) is 85.0 Å². The highest BCUT2D eigenvalue weighted by Crippen LogP contribution is 2.31. The van der Waals surface area contributed by atoms with E-state index < -0.39 is 0 Å². The fourth-order valence-electron chi connectivity index (χ4n) is 5.42. The number of anilines is 1. The van der Waals surface area contributed by atoms with Crippen LogP contribution in [-0.4, -0.2) is 84.4 Å². The van der Waals surface area contributed by atoms with E-state index >= 15 is 0 Å². The molecule has 0 aromatic heterocycles. The van der Waals surface area contributed by atoms with Gasteiger partial charge >= 0.3 is 6.03 Å². The number of hydrogen-bond donors (Lipinski definition) is 2. The predicted molar refractivity (Wildman–Crippen MR) is 128 cm³/mol. The molecule has 2 aliphatic heterocycles. The second-order valence-electron chi connectivity index (χ2n) is 9.58. The number of piperazine rings is 1. The lowest BCUT2D eigenvalue weighted by Gasteiger charge is -2.40. The summed E-state index contributed by atoms with van der Waals surface area (Å²) in [6.45, 7) is 4.49. The van der Waals surface area contributed by atoms with E-state index in [0.29, 0.717) is 57.3 Å². The van der Waals surface area contributed by atoms with E-state index in [4.69, 9.17) is 0 Å². The van der Waals surface area contributed by atoms with E-state index in [9.17, 15) is 18.8 Å². The summed E-state index contributed by atoms with van der Waals surface area (Å²) in [4.78, 5) is 43.5. The fourth-order valence-corrected chi connectivity index (χ4v) is 5.42. The van der Waals surface area contributed by atoms with Crippen molar-refractivity contribution in [3.05, 3.63) is 30.1 Å². The van der Waals surface area contributed by atoms with E-state index in [1.54, 1.807) is 17.0 Å². The number of urea groups is 1. The highest BCUT2D eigenvalue weighted by molar-refractivity contribution is 5.89. The first-order valence-corrected chi connectivity index (χ1v) is 12.6. The van der Waals surface area contributed by atoms with E-state index in [-0.39, 0.29) is 29.7 Å². The lowest BCUT2D eigenvalue weighted by Crippen LogP contribution is -2.58. The van der Waals surface area contributed by atoms with E-state index in [1.807, 2.05) is 4.90 Å². The monoisotopic (exact) mass is 473 g/mol. The number of hydrogen-bond acceptors (Lipinski definition) is 4. The molecule has 1 aromatic carbocycles. The van der Waals surface area contributed by atoms with Crippen LogP contribution >= 0.6 is 0 Å². The van der Waals surface area contributed by atoms with Crippen molar-refractivity contribution in [1.29, 1.82) is 0 Å². The van der Waals surface area contributed by atoms with Gasteiger partial charge < -0.3 is 20.4 Å². The van der Waals surface area contributed by atoms with Crippen LogP contribution < -0.4 is 10.6 Å². The molecule has 2 heterocycles. The Morgan fingerprint density at radius 1 is 1.00 bits per heavy atom. The van der Waals surface area contributed by atoms with Crippen molar-refractivity contribution >= 4 is 23.5 Å². The Morgan fingerprint density at radius 3 is 2.35 bits per heavy atom. The number of carbonyl (C=O) groups is 3. The van der Waals surface area contributed by atoms with Gasteiger partial charge in [0.1, 0.15) is 5.82 Å². The van der Waals surface area contributed by atoms with Gasteiger partial charge in [-0.1, -0.05) is 12.8 Å². The minimum absolute atomic E-state index is 0.0730. The Balaban J connectivity index is 1.26. The molecule has 8 nitrogen and oxygen atoms in total. The molecule has 0 bridgehead atoms. The van der Waals surface area contributed by atoms with E-state index in [1.165, 1.54) is 12.1 Å². The summed E-state index contributed by atoms with van der Waals surface area (Å²) in [6.07, 6.45) is 6.79. The lowest BCUT2D eigenvalue weighted by molar-refractivity contribution is -0.129. The van der Waals surface area contributed by atoms with Gasteiger partial charge in [0.2, 0.25) is 11.8 Å². The van der Waals surface area contributed by atoms with Gasteiger partial charge in [0.05, 0.1) is 6.04 Å². The second kappa shape index (κ2) is 11.6. The highest BCUT2D eigenvalue weighted by Gasteiger charge is 2.37. The maximum absolute atomic E-state index is 13.2. The zero-order valence-electron chi connectivity index (χ0n) is 19.8. The van der Waals surface area contributed by atoms with Gasteiger partial charge in [-0.3, -0.25) is 14.5 Å². The van der Waals surface area contributed by atoms with Crippen molar-refractivity contribution in [2.45, 2.75) is 51.0 Å². The third-order valence-electron chi connectivity index (χ3n) is 7.28. The molecule has 0 unspecified atom stereocenters. The maximum Gasteiger partial charge on any atom is 0.321 e. The van der Waals surface area contributed by atoms with Crippen molar-refractivity contribution in [2.24, 2.45) is 5.92 Å². The van der Waals surface area contributed by atoms with E-state index in [0.717, 1.165) is 45.1 Å². The summed E-state index contributed by atoms with van der Waals surface area (Å²) >= 11 is 0. The molecular weight excluding hydrogens is 437 g/mol. The zero-order chi connectivity index (χ0) is 23.9. The average molecular weight is 474 g/mol. The Kier molecular flexibility index (Phi) is 8.37. The first-order valence-electron chi connectivity index (χ1n) is 12.6. The molecule has 2 saturated heterocycles. The van der Waals surface area contributed by atoms with Crippen LogP contribution in [-0.2, 0) is 9.59 Å². The smallest absolute Gasteiger partial charge is 0.321 e. The molecule has 186 valence electrons. The SMILES string of the molecule is O=C(NCCCN1CCCC1=O)[C@H](C1CCCC1)N1CCN(C(=O)Nc2ccc(F)cc2)CC1. The molecule has 1 saturated carbocycles. The summed E-state index contributed by atoms with van der Waals surface area (Å²) < 4.78 is 13.1. The molecule has 4 rings (SSSR count). The van der Waals surface area contributed by atoms with Gasteiger partial charge in [0.25, 0.3) is 0 Å². The highest BCUT2D eigenvalue weighted by atomic mass is 19.1. The quantitative estimate of drug-likeness (QED) is 0.569. The molecule has 9 heteroatoms. The summed E-state index contributed by atoms with van der Waals surface area (Å²) in [5, 5.41) is 5.94. The van der Waals surface area contributed by atoms with Crippen LogP contribution in [0.4, 0.5) is 14.9 Å². The van der Waals surface area contributed by atoms with Crippen molar-refractivity contribution in [3.63, 3.8) is 0 Å². The van der Waals surface area contributed by atoms with Gasteiger partial charge in [-0.25, -0.2) is 9.18 Å².